The summed E-state index contributed by atoms with van der Waals surface area (Å²) in [4.78, 5) is 25.5. The van der Waals surface area contributed by atoms with Gasteiger partial charge >= 0.3 is 0 Å². The number of nitrogens with one attached hydrogen (secondary N) is 2. The summed E-state index contributed by atoms with van der Waals surface area (Å²) in [6, 6.07) is 5.46. The lowest BCUT2D eigenvalue weighted by Crippen LogP contribution is -2.51. The molecule has 180 valence electrons. The SMILES string of the molecule is Cc1ccc(S(=O)(=O)N2C=CNC(=O)[C@H]2CC(=O)NC2CCC(C3CCCCC3)CC2)cc1. The minimum atomic E-state index is -3.95. The van der Waals surface area contributed by atoms with Gasteiger partial charge in [-0.1, -0.05) is 49.8 Å². The maximum atomic E-state index is 13.2. The van der Waals surface area contributed by atoms with E-state index in [1.54, 1.807) is 12.1 Å². The van der Waals surface area contributed by atoms with Crippen LogP contribution in [-0.2, 0) is 19.6 Å². The Bertz CT molecular complexity index is 975. The van der Waals surface area contributed by atoms with Gasteiger partial charge in [0.2, 0.25) is 11.8 Å². The Kier molecular flexibility index (Phi) is 7.41. The number of carbonyl (C=O) groups is 2. The summed E-state index contributed by atoms with van der Waals surface area (Å²) in [6.07, 6.45) is 13.3. The van der Waals surface area contributed by atoms with Crippen molar-refractivity contribution in [1.29, 1.82) is 0 Å². The number of nitrogens with zero attached hydrogens (tertiary/aromatic N) is 1. The maximum Gasteiger partial charge on any atom is 0.264 e. The van der Waals surface area contributed by atoms with Gasteiger partial charge in [-0.3, -0.25) is 13.9 Å². The Morgan fingerprint density at radius 1 is 1.00 bits per heavy atom. The molecule has 3 aliphatic rings. The lowest BCUT2D eigenvalue weighted by Gasteiger charge is -2.36. The number of hydrogen-bond acceptors (Lipinski definition) is 4. The Balaban J connectivity index is 1.36. The maximum absolute atomic E-state index is 13.2. The van der Waals surface area contributed by atoms with Gasteiger partial charge in [-0.15, -0.1) is 0 Å². The van der Waals surface area contributed by atoms with E-state index < -0.39 is 22.0 Å². The highest BCUT2D eigenvalue weighted by Gasteiger charge is 2.37. The van der Waals surface area contributed by atoms with Gasteiger partial charge in [-0.2, -0.15) is 0 Å². The van der Waals surface area contributed by atoms with E-state index in [-0.39, 0.29) is 23.3 Å². The molecular formula is C25H35N3O4S. The molecule has 0 saturated heterocycles. The number of benzene rings is 1. The Morgan fingerprint density at radius 2 is 1.64 bits per heavy atom. The largest absolute Gasteiger partial charge is 0.353 e. The topological polar surface area (TPSA) is 95.6 Å². The lowest BCUT2D eigenvalue weighted by molar-refractivity contribution is -0.130. The van der Waals surface area contributed by atoms with E-state index in [4.69, 9.17) is 0 Å². The van der Waals surface area contributed by atoms with Crippen LogP contribution >= 0.6 is 0 Å². The van der Waals surface area contributed by atoms with Gasteiger partial charge in [0.25, 0.3) is 10.0 Å². The van der Waals surface area contributed by atoms with E-state index >= 15 is 0 Å². The quantitative estimate of drug-likeness (QED) is 0.660. The highest BCUT2D eigenvalue weighted by Crippen LogP contribution is 2.38. The van der Waals surface area contributed by atoms with E-state index in [1.807, 2.05) is 6.92 Å². The highest BCUT2D eigenvalue weighted by molar-refractivity contribution is 7.89. The molecule has 33 heavy (non-hydrogen) atoms. The van der Waals surface area contributed by atoms with Crippen molar-refractivity contribution in [3.63, 3.8) is 0 Å². The molecule has 0 bridgehead atoms. The molecule has 2 saturated carbocycles. The first kappa shape index (κ1) is 23.8. The Labute approximate surface area is 197 Å². The third-order valence-electron chi connectivity index (χ3n) is 7.49. The standard InChI is InChI=1S/C25H35N3O4S/c1-18-7-13-22(14-8-18)33(31,32)28-16-15-26-25(30)23(28)17-24(29)27-21-11-9-20(10-12-21)19-5-3-2-4-6-19/h7-8,13-16,19-21,23H,2-6,9-12,17H2,1H3,(H,26,30)(H,27,29)/t20?,21?,23-/m1/s1. The summed E-state index contributed by atoms with van der Waals surface area (Å²) in [7, 11) is -3.95. The first-order chi connectivity index (χ1) is 15.8. The number of aryl methyl sites for hydroxylation is 1. The highest BCUT2D eigenvalue weighted by atomic mass is 32.2. The second kappa shape index (κ2) is 10.3. The molecule has 4 rings (SSSR count). The predicted molar refractivity (Wildman–Crippen MR) is 126 cm³/mol. The van der Waals surface area contributed by atoms with Gasteiger partial charge in [-0.25, -0.2) is 8.42 Å². The molecule has 2 fully saturated rings. The van der Waals surface area contributed by atoms with Crippen molar-refractivity contribution >= 4 is 21.8 Å². The van der Waals surface area contributed by atoms with Crippen molar-refractivity contribution in [2.75, 3.05) is 0 Å². The van der Waals surface area contributed by atoms with Gasteiger partial charge in [0.1, 0.15) is 6.04 Å². The summed E-state index contributed by atoms with van der Waals surface area (Å²) in [5.41, 5.74) is 0.940. The van der Waals surface area contributed by atoms with E-state index in [0.717, 1.165) is 47.4 Å². The molecular weight excluding hydrogens is 438 g/mol. The summed E-state index contributed by atoms with van der Waals surface area (Å²) in [5.74, 6) is 0.830. The normalized spacial score (nSPS) is 26.6. The van der Waals surface area contributed by atoms with E-state index in [9.17, 15) is 18.0 Å². The summed E-state index contributed by atoms with van der Waals surface area (Å²) >= 11 is 0. The van der Waals surface area contributed by atoms with Crippen LogP contribution in [0.2, 0.25) is 0 Å². The molecule has 8 heteroatoms. The average molecular weight is 474 g/mol. The van der Waals surface area contributed by atoms with Crippen LogP contribution in [0, 0.1) is 18.8 Å². The van der Waals surface area contributed by atoms with Crippen LogP contribution in [0.25, 0.3) is 0 Å². The molecule has 2 aliphatic carbocycles. The van der Waals surface area contributed by atoms with Gasteiger partial charge in [0, 0.05) is 18.4 Å². The van der Waals surface area contributed by atoms with Gasteiger partial charge in [-0.05, 0) is 56.6 Å². The minimum absolute atomic E-state index is 0.0962. The molecule has 2 N–H and O–H groups in total. The van der Waals surface area contributed by atoms with Crippen molar-refractivity contribution in [2.24, 2.45) is 11.8 Å². The fraction of sp³-hybridized carbons (Fsp3) is 0.600. The molecule has 1 aliphatic heterocycles. The number of rotatable bonds is 6. The third-order valence-corrected chi connectivity index (χ3v) is 9.28. The Morgan fingerprint density at radius 3 is 2.30 bits per heavy atom. The van der Waals surface area contributed by atoms with Crippen LogP contribution in [-0.4, -0.2) is 36.6 Å². The first-order valence-electron chi connectivity index (χ1n) is 12.2. The fourth-order valence-electron chi connectivity index (χ4n) is 5.57. The number of sulfonamides is 1. The molecule has 1 aromatic carbocycles. The van der Waals surface area contributed by atoms with Crippen LogP contribution in [0.1, 0.15) is 69.8 Å². The average Bonchev–Trinajstić information content (AvgIpc) is 2.81. The van der Waals surface area contributed by atoms with Gasteiger partial charge in [0.05, 0.1) is 11.3 Å². The molecule has 2 amide bonds. The number of amides is 2. The minimum Gasteiger partial charge on any atom is -0.353 e. The van der Waals surface area contributed by atoms with Crippen molar-refractivity contribution in [3.8, 4) is 0 Å². The zero-order valence-corrected chi connectivity index (χ0v) is 20.1. The van der Waals surface area contributed by atoms with Crippen LogP contribution in [0.3, 0.4) is 0 Å². The van der Waals surface area contributed by atoms with Crippen LogP contribution < -0.4 is 10.6 Å². The molecule has 0 spiro atoms. The zero-order valence-electron chi connectivity index (χ0n) is 19.3. The number of hydrogen-bond donors (Lipinski definition) is 2. The predicted octanol–water partition coefficient (Wildman–Crippen LogP) is 3.60. The van der Waals surface area contributed by atoms with Crippen molar-refractivity contribution < 1.29 is 18.0 Å². The van der Waals surface area contributed by atoms with Crippen molar-refractivity contribution in [2.45, 2.75) is 88.1 Å². The molecule has 1 atom stereocenters. The van der Waals surface area contributed by atoms with E-state index in [0.29, 0.717) is 0 Å². The van der Waals surface area contributed by atoms with Gasteiger partial charge < -0.3 is 10.6 Å². The second-order valence-electron chi connectivity index (χ2n) is 9.77. The number of carbonyl (C=O) groups excluding carboxylic acids is 2. The van der Waals surface area contributed by atoms with Gasteiger partial charge in [0.15, 0.2) is 0 Å². The lowest BCUT2D eigenvalue weighted by atomic mass is 9.72. The van der Waals surface area contributed by atoms with Crippen LogP contribution in [0.15, 0.2) is 41.6 Å². The van der Waals surface area contributed by atoms with Crippen molar-refractivity contribution in [1.82, 2.24) is 14.9 Å². The van der Waals surface area contributed by atoms with Crippen LogP contribution in [0.5, 0.6) is 0 Å². The zero-order chi connectivity index (χ0) is 23.4. The summed E-state index contributed by atoms with van der Waals surface area (Å²) < 4.78 is 27.4. The third kappa shape index (κ3) is 5.60. The first-order valence-corrected chi connectivity index (χ1v) is 13.7. The Hall–Kier alpha value is -2.35. The summed E-state index contributed by atoms with van der Waals surface area (Å²) in [5, 5.41) is 5.61. The molecule has 1 heterocycles. The van der Waals surface area contributed by atoms with Crippen molar-refractivity contribution in [3.05, 3.63) is 42.2 Å². The monoisotopic (exact) mass is 473 g/mol. The van der Waals surface area contributed by atoms with E-state index in [2.05, 4.69) is 10.6 Å². The molecule has 1 aromatic rings. The molecule has 0 unspecified atom stereocenters. The smallest absolute Gasteiger partial charge is 0.264 e. The fourth-order valence-corrected chi connectivity index (χ4v) is 7.02. The van der Waals surface area contributed by atoms with E-state index in [1.165, 1.54) is 56.6 Å². The second-order valence-corrected chi connectivity index (χ2v) is 11.6. The molecule has 0 radical (unpaired) electrons. The summed E-state index contributed by atoms with van der Waals surface area (Å²) in [6.45, 7) is 1.88. The molecule has 0 aromatic heterocycles. The van der Waals surface area contributed by atoms with Crippen LogP contribution in [0.4, 0.5) is 0 Å². The molecule has 7 nitrogen and oxygen atoms in total.